The van der Waals surface area contributed by atoms with Gasteiger partial charge in [-0.15, -0.1) is 0 Å². The summed E-state index contributed by atoms with van der Waals surface area (Å²) in [6.07, 6.45) is 6.47. The third kappa shape index (κ3) is 6.82. The monoisotopic (exact) mass is 856 g/mol. The normalized spacial score (nSPS) is 12.2. The van der Waals surface area contributed by atoms with Crippen LogP contribution in [0, 0.1) is 11.6 Å². The number of hydrogen-bond donors (Lipinski definition) is 0. The molecule has 316 valence electrons. The SMILES string of the molecule is Fc1ccc(N(c2ccc(-c3ccc(N(c4ccc(F)cc4)c4ccc5c(c4)c4ccccc4n5-c4ccccc4)cc3)cc2)c2ccc3c(c2)c2c(n3-c3ccccc3)C=CCC2)cc1. The van der Waals surface area contributed by atoms with E-state index in [0.29, 0.717) is 0 Å². The number of hydrogen-bond acceptors (Lipinski definition) is 2. The minimum absolute atomic E-state index is 0.275. The molecule has 9 aromatic carbocycles. The van der Waals surface area contributed by atoms with Gasteiger partial charge in [-0.1, -0.05) is 84.9 Å². The van der Waals surface area contributed by atoms with E-state index in [1.165, 1.54) is 40.9 Å². The standard InChI is InChI=1S/C60H42F2N4/c61-43-23-31-49(32-24-43)63(51-35-37-59-55(39-51)53-15-7-9-17-57(53)65(59)45-11-3-1-4-12-45)47-27-19-41(20-28-47)42-21-29-48(30-22-42)64(50-33-25-44(62)26-34-50)52-36-38-60-56(40-52)54-16-8-10-18-58(54)66(60)46-13-5-2-6-14-46/h1-7,9-15,17-40H,8,16H2. The van der Waals surface area contributed by atoms with Crippen LogP contribution in [0.5, 0.6) is 0 Å². The largest absolute Gasteiger partial charge is 0.310 e. The Morgan fingerprint density at radius 3 is 1.33 bits per heavy atom. The number of para-hydroxylation sites is 3. The molecule has 0 saturated carbocycles. The molecule has 66 heavy (non-hydrogen) atoms. The van der Waals surface area contributed by atoms with E-state index in [2.05, 4.69) is 195 Å². The van der Waals surface area contributed by atoms with Crippen molar-refractivity contribution in [2.45, 2.75) is 12.8 Å². The highest BCUT2D eigenvalue weighted by Gasteiger charge is 2.22. The molecule has 0 radical (unpaired) electrons. The van der Waals surface area contributed by atoms with Crippen LogP contribution in [0.15, 0.2) is 224 Å². The molecule has 0 N–H and O–H groups in total. The van der Waals surface area contributed by atoms with Gasteiger partial charge in [0.05, 0.1) is 16.6 Å². The Kier molecular flexibility index (Phi) is 9.64. The van der Waals surface area contributed by atoms with Crippen LogP contribution < -0.4 is 9.80 Å². The number of halogens is 2. The van der Waals surface area contributed by atoms with Gasteiger partial charge < -0.3 is 18.9 Å². The Hall–Kier alpha value is -8.48. The zero-order valence-electron chi connectivity index (χ0n) is 35.9. The third-order valence-electron chi connectivity index (χ3n) is 12.9. The Morgan fingerprint density at radius 2 is 0.788 bits per heavy atom. The van der Waals surface area contributed by atoms with Crippen LogP contribution in [-0.4, -0.2) is 9.13 Å². The van der Waals surface area contributed by atoms with Crippen molar-refractivity contribution in [3.63, 3.8) is 0 Å². The van der Waals surface area contributed by atoms with Crippen molar-refractivity contribution >= 4 is 72.9 Å². The molecule has 4 nitrogen and oxygen atoms in total. The van der Waals surface area contributed by atoms with Gasteiger partial charge in [0.1, 0.15) is 11.6 Å². The van der Waals surface area contributed by atoms with E-state index in [0.717, 1.165) is 96.8 Å². The lowest BCUT2D eigenvalue weighted by molar-refractivity contribution is 0.627. The summed E-state index contributed by atoms with van der Waals surface area (Å²) < 4.78 is 33.4. The molecule has 0 fully saturated rings. The topological polar surface area (TPSA) is 16.3 Å². The van der Waals surface area contributed by atoms with Crippen molar-refractivity contribution in [3.8, 4) is 22.5 Å². The summed E-state index contributed by atoms with van der Waals surface area (Å²) in [6, 6.07) is 73.2. The number of allylic oxidation sites excluding steroid dienone is 1. The van der Waals surface area contributed by atoms with Crippen molar-refractivity contribution in [2.75, 3.05) is 9.80 Å². The van der Waals surface area contributed by atoms with Gasteiger partial charge in [0.25, 0.3) is 0 Å². The van der Waals surface area contributed by atoms with Gasteiger partial charge in [0, 0.05) is 67.4 Å². The first-order valence-corrected chi connectivity index (χ1v) is 22.4. The summed E-state index contributed by atoms with van der Waals surface area (Å²) in [4.78, 5) is 4.38. The average Bonchev–Trinajstić information content (AvgIpc) is 3.89. The van der Waals surface area contributed by atoms with E-state index in [1.54, 1.807) is 0 Å². The van der Waals surface area contributed by atoms with Crippen LogP contribution in [0.2, 0.25) is 0 Å². The van der Waals surface area contributed by atoms with Gasteiger partial charge in [0.2, 0.25) is 0 Å². The molecule has 1 aliphatic carbocycles. The smallest absolute Gasteiger partial charge is 0.123 e. The van der Waals surface area contributed by atoms with Gasteiger partial charge in [0.15, 0.2) is 0 Å². The Bertz CT molecular complexity index is 3570. The van der Waals surface area contributed by atoms with E-state index in [4.69, 9.17) is 0 Å². The molecular weight excluding hydrogens is 815 g/mol. The highest BCUT2D eigenvalue weighted by atomic mass is 19.1. The first-order valence-electron chi connectivity index (χ1n) is 22.4. The molecule has 2 heterocycles. The van der Waals surface area contributed by atoms with E-state index < -0.39 is 0 Å². The molecule has 0 bridgehead atoms. The number of benzene rings is 9. The summed E-state index contributed by atoms with van der Waals surface area (Å²) in [7, 11) is 0. The van der Waals surface area contributed by atoms with E-state index in [-0.39, 0.29) is 11.6 Å². The number of rotatable bonds is 9. The molecule has 12 rings (SSSR count). The Balaban J connectivity index is 0.906. The minimum Gasteiger partial charge on any atom is -0.310 e. The highest BCUT2D eigenvalue weighted by Crippen LogP contribution is 2.43. The number of fused-ring (bicyclic) bond motifs is 6. The predicted octanol–water partition coefficient (Wildman–Crippen LogP) is 16.6. The van der Waals surface area contributed by atoms with Crippen LogP contribution in [0.3, 0.4) is 0 Å². The highest BCUT2D eigenvalue weighted by molar-refractivity contribution is 6.10. The Morgan fingerprint density at radius 1 is 0.364 bits per heavy atom. The summed E-state index contributed by atoms with van der Waals surface area (Å²) >= 11 is 0. The molecule has 2 aromatic heterocycles. The molecule has 11 aromatic rings. The number of nitrogens with zero attached hydrogens (tertiary/aromatic N) is 4. The van der Waals surface area contributed by atoms with Crippen molar-refractivity contribution in [3.05, 3.63) is 247 Å². The fourth-order valence-corrected chi connectivity index (χ4v) is 9.85. The first kappa shape index (κ1) is 39.1. The van der Waals surface area contributed by atoms with Crippen molar-refractivity contribution < 1.29 is 8.78 Å². The fraction of sp³-hybridized carbons (Fsp3) is 0.0333. The van der Waals surface area contributed by atoms with E-state index in [9.17, 15) is 8.78 Å². The maximum Gasteiger partial charge on any atom is 0.123 e. The first-order chi connectivity index (χ1) is 32.6. The van der Waals surface area contributed by atoms with Crippen molar-refractivity contribution in [1.82, 2.24) is 9.13 Å². The van der Waals surface area contributed by atoms with Crippen LogP contribution in [0.4, 0.5) is 42.9 Å². The summed E-state index contributed by atoms with van der Waals surface area (Å²) in [5.74, 6) is -0.557. The van der Waals surface area contributed by atoms with E-state index in [1.807, 2.05) is 30.3 Å². The number of aromatic nitrogens is 2. The molecule has 0 saturated heterocycles. The predicted molar refractivity (Wildman–Crippen MR) is 270 cm³/mol. The lowest BCUT2D eigenvalue weighted by atomic mass is 10.00. The minimum atomic E-state index is -0.282. The maximum absolute atomic E-state index is 14.4. The third-order valence-corrected chi connectivity index (χ3v) is 12.9. The molecule has 0 unspecified atom stereocenters. The molecular formula is C60H42F2N4. The maximum atomic E-state index is 14.4. The van der Waals surface area contributed by atoms with Crippen LogP contribution in [0.1, 0.15) is 17.7 Å². The van der Waals surface area contributed by atoms with E-state index >= 15 is 0 Å². The van der Waals surface area contributed by atoms with Gasteiger partial charge in [-0.2, -0.15) is 0 Å². The van der Waals surface area contributed by atoms with Gasteiger partial charge in [-0.3, -0.25) is 0 Å². The average molecular weight is 857 g/mol. The second-order valence-electron chi connectivity index (χ2n) is 16.8. The van der Waals surface area contributed by atoms with Crippen molar-refractivity contribution in [1.29, 1.82) is 0 Å². The van der Waals surface area contributed by atoms with Crippen LogP contribution >= 0.6 is 0 Å². The molecule has 0 spiro atoms. The number of aryl methyl sites for hydroxylation is 1. The zero-order valence-corrected chi connectivity index (χ0v) is 35.9. The molecule has 0 aliphatic heterocycles. The summed E-state index contributed by atoms with van der Waals surface area (Å²) in [5.41, 5.74) is 15.9. The molecule has 0 atom stereocenters. The van der Waals surface area contributed by atoms with Gasteiger partial charge in [-0.25, -0.2) is 8.78 Å². The second kappa shape index (κ2) is 16.3. The van der Waals surface area contributed by atoms with Crippen LogP contribution in [-0.2, 0) is 6.42 Å². The van der Waals surface area contributed by atoms with Gasteiger partial charge in [-0.05, 0) is 175 Å². The fourth-order valence-electron chi connectivity index (χ4n) is 9.85. The van der Waals surface area contributed by atoms with Crippen molar-refractivity contribution in [2.24, 2.45) is 0 Å². The summed E-state index contributed by atoms with van der Waals surface area (Å²) in [5, 5.41) is 3.51. The zero-order chi connectivity index (χ0) is 44.1. The lowest BCUT2D eigenvalue weighted by Gasteiger charge is -2.26. The molecule has 6 heteroatoms. The molecule has 1 aliphatic rings. The van der Waals surface area contributed by atoms with Crippen LogP contribution in [0.25, 0.3) is 61.3 Å². The lowest BCUT2D eigenvalue weighted by Crippen LogP contribution is -2.10. The quantitative estimate of drug-likeness (QED) is 0.144. The van der Waals surface area contributed by atoms with Gasteiger partial charge >= 0.3 is 0 Å². The summed E-state index contributed by atoms with van der Waals surface area (Å²) in [6.45, 7) is 0. The number of anilines is 6. The molecule has 0 amide bonds. The Labute approximate surface area is 381 Å². The second-order valence-corrected chi connectivity index (χ2v) is 16.8.